The van der Waals surface area contributed by atoms with Gasteiger partial charge in [0.05, 0.1) is 35.9 Å². The number of aromatic nitrogens is 2. The van der Waals surface area contributed by atoms with Gasteiger partial charge < -0.3 is 9.47 Å². The first kappa shape index (κ1) is 18.2. The summed E-state index contributed by atoms with van der Waals surface area (Å²) in [5.41, 5.74) is 3.14. The Balaban J connectivity index is 2.08. The number of hydrogen-bond donors (Lipinski definition) is 0. The Hall–Kier alpha value is -3.86. The lowest BCUT2D eigenvalue weighted by Gasteiger charge is -2.08. The van der Waals surface area contributed by atoms with Gasteiger partial charge in [-0.2, -0.15) is 0 Å². The maximum atomic E-state index is 13.6. The van der Waals surface area contributed by atoms with Gasteiger partial charge in [-0.1, -0.05) is 42.0 Å². The molecule has 5 rings (SSSR count). The second-order valence-corrected chi connectivity index (χ2v) is 7.26. The average molecular weight is 396 g/mol. The van der Waals surface area contributed by atoms with Crippen LogP contribution in [-0.2, 0) is 0 Å². The van der Waals surface area contributed by atoms with E-state index in [0.29, 0.717) is 28.0 Å². The van der Waals surface area contributed by atoms with Gasteiger partial charge in [0.25, 0.3) is 5.56 Å². The summed E-state index contributed by atoms with van der Waals surface area (Å²) in [4.78, 5) is 18.5. The van der Waals surface area contributed by atoms with E-state index in [1.807, 2.05) is 73.7 Å². The number of hydrogen-bond acceptors (Lipinski definition) is 4. The van der Waals surface area contributed by atoms with Crippen LogP contribution >= 0.6 is 0 Å². The molecule has 148 valence electrons. The van der Waals surface area contributed by atoms with Crippen LogP contribution in [0.3, 0.4) is 0 Å². The SMILES string of the molecule is COc1ccc2/c(=C\c3ccccc3)n3c(=O)c4cc(C)ccc4nc3c2c1OC. The molecule has 0 aliphatic heterocycles. The highest BCUT2D eigenvalue weighted by atomic mass is 16.5. The van der Waals surface area contributed by atoms with Crippen molar-refractivity contribution in [2.45, 2.75) is 6.92 Å². The number of methoxy groups -OCH3 is 2. The fraction of sp³-hybridized carbons (Fsp3) is 0.120. The Kier molecular flexibility index (Phi) is 4.17. The van der Waals surface area contributed by atoms with Gasteiger partial charge in [0, 0.05) is 5.39 Å². The van der Waals surface area contributed by atoms with Crippen LogP contribution in [-0.4, -0.2) is 23.6 Å². The van der Waals surface area contributed by atoms with E-state index < -0.39 is 0 Å². The van der Waals surface area contributed by atoms with Crippen molar-refractivity contribution in [1.82, 2.24) is 9.38 Å². The fourth-order valence-corrected chi connectivity index (χ4v) is 4.02. The minimum Gasteiger partial charge on any atom is -0.493 e. The third-order valence-corrected chi connectivity index (χ3v) is 5.41. The van der Waals surface area contributed by atoms with Crippen LogP contribution in [0, 0.1) is 6.92 Å². The van der Waals surface area contributed by atoms with Crippen molar-refractivity contribution in [2.24, 2.45) is 0 Å². The van der Waals surface area contributed by atoms with Crippen LogP contribution < -0.4 is 20.4 Å². The van der Waals surface area contributed by atoms with Gasteiger partial charge >= 0.3 is 0 Å². The van der Waals surface area contributed by atoms with Crippen molar-refractivity contribution >= 4 is 33.4 Å². The Bertz CT molecular complexity index is 1540. The fourth-order valence-electron chi connectivity index (χ4n) is 4.02. The molecule has 0 aliphatic carbocycles. The third kappa shape index (κ3) is 2.63. The van der Waals surface area contributed by atoms with Crippen molar-refractivity contribution in [1.29, 1.82) is 0 Å². The van der Waals surface area contributed by atoms with Crippen LogP contribution in [0.2, 0.25) is 0 Å². The molecule has 0 radical (unpaired) electrons. The highest BCUT2D eigenvalue weighted by Gasteiger charge is 2.19. The number of aryl methyl sites for hydroxylation is 1. The molecule has 5 nitrogen and oxygen atoms in total. The molecule has 2 heterocycles. The van der Waals surface area contributed by atoms with E-state index in [4.69, 9.17) is 14.5 Å². The number of benzene rings is 3. The summed E-state index contributed by atoms with van der Waals surface area (Å²) in [6.07, 6.45) is 2.01. The van der Waals surface area contributed by atoms with Gasteiger partial charge in [-0.25, -0.2) is 4.98 Å². The molecule has 0 fully saturated rings. The molecule has 0 atom stereocenters. The summed E-state index contributed by atoms with van der Waals surface area (Å²) in [6, 6.07) is 19.5. The van der Waals surface area contributed by atoms with E-state index in [1.54, 1.807) is 18.6 Å². The average Bonchev–Trinajstić information content (AvgIpc) is 3.08. The van der Waals surface area contributed by atoms with Crippen LogP contribution in [0.4, 0.5) is 0 Å². The van der Waals surface area contributed by atoms with Crippen molar-refractivity contribution in [3.8, 4) is 11.5 Å². The zero-order valence-corrected chi connectivity index (χ0v) is 17.0. The quantitative estimate of drug-likeness (QED) is 0.465. The highest BCUT2D eigenvalue weighted by Crippen LogP contribution is 2.36. The Morgan fingerprint density at radius 3 is 2.47 bits per heavy atom. The predicted octanol–water partition coefficient (Wildman–Crippen LogP) is 3.87. The zero-order valence-electron chi connectivity index (χ0n) is 17.0. The zero-order chi connectivity index (χ0) is 20.8. The summed E-state index contributed by atoms with van der Waals surface area (Å²) in [5, 5.41) is 3.01. The van der Waals surface area contributed by atoms with Crippen LogP contribution in [0.5, 0.6) is 11.5 Å². The maximum Gasteiger partial charge on any atom is 0.266 e. The number of fused-ring (bicyclic) bond motifs is 4. The van der Waals surface area contributed by atoms with E-state index in [1.165, 1.54) is 0 Å². The van der Waals surface area contributed by atoms with Crippen LogP contribution in [0.1, 0.15) is 11.1 Å². The Labute approximate surface area is 172 Å². The summed E-state index contributed by atoms with van der Waals surface area (Å²) in [6.45, 7) is 1.97. The third-order valence-electron chi connectivity index (χ3n) is 5.41. The highest BCUT2D eigenvalue weighted by molar-refractivity contribution is 6.04. The Morgan fingerprint density at radius 2 is 1.73 bits per heavy atom. The molecular formula is C25H20N2O3. The van der Waals surface area contributed by atoms with Gasteiger partial charge in [0.1, 0.15) is 0 Å². The second-order valence-electron chi connectivity index (χ2n) is 7.26. The number of nitrogens with zero attached hydrogens (tertiary/aromatic N) is 2. The van der Waals surface area contributed by atoms with Crippen LogP contribution in [0.15, 0.2) is 65.5 Å². The first-order valence-electron chi connectivity index (χ1n) is 9.68. The van der Waals surface area contributed by atoms with Crippen LogP contribution in [0.25, 0.3) is 33.4 Å². The molecule has 5 heteroatoms. The normalized spacial score (nSPS) is 12.2. The summed E-state index contributed by atoms with van der Waals surface area (Å²) >= 11 is 0. The van der Waals surface area contributed by atoms with Crippen molar-refractivity contribution in [2.75, 3.05) is 14.2 Å². The summed E-state index contributed by atoms with van der Waals surface area (Å²) in [5.74, 6) is 1.17. The smallest absolute Gasteiger partial charge is 0.266 e. The minimum atomic E-state index is -0.0990. The van der Waals surface area contributed by atoms with E-state index >= 15 is 0 Å². The molecular weight excluding hydrogens is 376 g/mol. The summed E-state index contributed by atoms with van der Waals surface area (Å²) in [7, 11) is 3.20. The lowest BCUT2D eigenvalue weighted by Crippen LogP contribution is -2.24. The number of rotatable bonds is 3. The van der Waals surface area contributed by atoms with E-state index in [0.717, 1.165) is 27.2 Å². The standard InChI is InChI=1S/C25H20N2O3/c1-15-9-11-19-18(13-15)25(28)27-20(14-16-7-5-4-6-8-16)17-10-12-21(29-2)23(30-3)22(17)24(27)26-19/h4-14H,1-3H3/b20-14+. The second kappa shape index (κ2) is 6.88. The molecule has 3 aromatic carbocycles. The molecule has 30 heavy (non-hydrogen) atoms. The lowest BCUT2D eigenvalue weighted by atomic mass is 10.1. The molecule has 5 aromatic rings. The molecule has 2 aromatic heterocycles. The van der Waals surface area contributed by atoms with Gasteiger partial charge in [-0.3, -0.25) is 9.20 Å². The monoisotopic (exact) mass is 396 g/mol. The molecule has 0 saturated carbocycles. The molecule has 0 saturated heterocycles. The largest absolute Gasteiger partial charge is 0.493 e. The maximum absolute atomic E-state index is 13.6. The van der Waals surface area contributed by atoms with Crippen molar-refractivity contribution in [3.63, 3.8) is 0 Å². The van der Waals surface area contributed by atoms with Gasteiger partial charge in [0.15, 0.2) is 17.1 Å². The minimum absolute atomic E-state index is 0.0990. The van der Waals surface area contributed by atoms with Gasteiger partial charge in [-0.15, -0.1) is 0 Å². The first-order chi connectivity index (χ1) is 14.6. The predicted molar refractivity (Wildman–Crippen MR) is 120 cm³/mol. The summed E-state index contributed by atoms with van der Waals surface area (Å²) < 4.78 is 12.9. The number of ether oxygens (including phenoxy) is 2. The van der Waals surface area contributed by atoms with Gasteiger partial charge in [0.2, 0.25) is 0 Å². The lowest BCUT2D eigenvalue weighted by molar-refractivity contribution is 0.358. The first-order valence-corrected chi connectivity index (χ1v) is 9.68. The van der Waals surface area contributed by atoms with Crippen molar-refractivity contribution in [3.05, 3.63) is 87.5 Å². The van der Waals surface area contributed by atoms with E-state index in [9.17, 15) is 4.79 Å². The molecule has 0 bridgehead atoms. The molecule has 0 spiro atoms. The molecule has 0 unspecified atom stereocenters. The molecule has 0 aliphatic rings. The van der Waals surface area contributed by atoms with Crippen molar-refractivity contribution < 1.29 is 9.47 Å². The van der Waals surface area contributed by atoms with E-state index in [2.05, 4.69) is 0 Å². The Morgan fingerprint density at radius 1 is 0.933 bits per heavy atom. The van der Waals surface area contributed by atoms with E-state index in [-0.39, 0.29) is 5.56 Å². The molecule has 0 amide bonds. The topological polar surface area (TPSA) is 52.8 Å². The molecule has 0 N–H and O–H groups in total. The van der Waals surface area contributed by atoms with Gasteiger partial charge in [-0.05, 0) is 42.8 Å².